The molecule has 4 heteroatoms. The first kappa shape index (κ1) is 14.0. The van der Waals surface area contributed by atoms with Gasteiger partial charge >= 0.3 is 0 Å². The van der Waals surface area contributed by atoms with Gasteiger partial charge in [-0.1, -0.05) is 6.92 Å². The predicted octanol–water partition coefficient (Wildman–Crippen LogP) is 2.75. The van der Waals surface area contributed by atoms with Crippen molar-refractivity contribution in [3.05, 3.63) is 15.6 Å². The minimum atomic E-state index is 0.240. The molecule has 1 fully saturated rings. The molecule has 0 amide bonds. The van der Waals surface area contributed by atoms with Crippen molar-refractivity contribution in [1.29, 1.82) is 0 Å². The van der Waals surface area contributed by atoms with E-state index >= 15 is 0 Å². The standard InChI is InChI=1S/C14H24N2OS/c1-4-11(9-17)13-10(2)15-14(18-13)12-6-5-7-16(3)8-12/h11-12,17H,4-9H2,1-3H3. The lowest BCUT2D eigenvalue weighted by molar-refractivity contribution is 0.250. The van der Waals surface area contributed by atoms with Gasteiger partial charge in [-0.15, -0.1) is 11.3 Å². The Bertz CT molecular complexity index is 387. The molecule has 1 saturated heterocycles. The number of hydrogen-bond acceptors (Lipinski definition) is 4. The molecule has 2 unspecified atom stereocenters. The molecular weight excluding hydrogens is 244 g/mol. The second-order valence-corrected chi connectivity index (χ2v) is 6.45. The Morgan fingerprint density at radius 2 is 2.33 bits per heavy atom. The Hall–Kier alpha value is -0.450. The van der Waals surface area contributed by atoms with Crippen LogP contribution in [0, 0.1) is 6.92 Å². The fourth-order valence-corrected chi connectivity index (χ4v) is 4.12. The first-order chi connectivity index (χ1) is 8.65. The molecule has 2 atom stereocenters. The van der Waals surface area contributed by atoms with Gasteiger partial charge in [0.25, 0.3) is 0 Å². The van der Waals surface area contributed by atoms with Crippen LogP contribution in [0.3, 0.4) is 0 Å². The van der Waals surface area contributed by atoms with Gasteiger partial charge < -0.3 is 10.0 Å². The minimum absolute atomic E-state index is 0.240. The van der Waals surface area contributed by atoms with Gasteiger partial charge in [-0.3, -0.25) is 0 Å². The van der Waals surface area contributed by atoms with E-state index in [-0.39, 0.29) is 12.5 Å². The summed E-state index contributed by atoms with van der Waals surface area (Å²) in [6.07, 6.45) is 3.52. The van der Waals surface area contributed by atoms with Crippen LogP contribution < -0.4 is 0 Å². The molecule has 0 radical (unpaired) electrons. The van der Waals surface area contributed by atoms with Crippen LogP contribution in [0.25, 0.3) is 0 Å². The molecule has 1 aliphatic rings. The summed E-state index contributed by atoms with van der Waals surface area (Å²) in [4.78, 5) is 8.46. The van der Waals surface area contributed by atoms with Crippen molar-refractivity contribution in [3.8, 4) is 0 Å². The van der Waals surface area contributed by atoms with Gasteiger partial charge in [0, 0.05) is 23.3 Å². The normalized spacial score (nSPS) is 23.2. The van der Waals surface area contributed by atoms with Crippen molar-refractivity contribution < 1.29 is 5.11 Å². The quantitative estimate of drug-likeness (QED) is 0.912. The number of likely N-dealkylation sites (tertiary alicyclic amines) is 1. The Morgan fingerprint density at radius 3 is 2.94 bits per heavy atom. The summed E-state index contributed by atoms with van der Waals surface area (Å²) in [6, 6.07) is 0. The van der Waals surface area contributed by atoms with Crippen molar-refractivity contribution in [2.75, 3.05) is 26.7 Å². The molecule has 0 bridgehead atoms. The number of aliphatic hydroxyl groups is 1. The number of aromatic nitrogens is 1. The van der Waals surface area contributed by atoms with Gasteiger partial charge in [0.2, 0.25) is 0 Å². The summed E-state index contributed by atoms with van der Waals surface area (Å²) >= 11 is 1.83. The van der Waals surface area contributed by atoms with Crippen LogP contribution >= 0.6 is 11.3 Å². The smallest absolute Gasteiger partial charge is 0.0974 e. The van der Waals surface area contributed by atoms with Gasteiger partial charge in [-0.05, 0) is 39.8 Å². The molecule has 18 heavy (non-hydrogen) atoms. The number of aliphatic hydroxyl groups excluding tert-OH is 1. The van der Waals surface area contributed by atoms with E-state index < -0.39 is 0 Å². The third kappa shape index (κ3) is 2.92. The molecule has 0 saturated carbocycles. The average molecular weight is 268 g/mol. The minimum Gasteiger partial charge on any atom is -0.396 e. The number of hydrogen-bond donors (Lipinski definition) is 1. The Balaban J connectivity index is 2.17. The zero-order valence-corrected chi connectivity index (χ0v) is 12.5. The van der Waals surface area contributed by atoms with E-state index in [1.54, 1.807) is 0 Å². The lowest BCUT2D eigenvalue weighted by Crippen LogP contribution is -2.30. The second kappa shape index (κ2) is 6.13. The van der Waals surface area contributed by atoms with Gasteiger partial charge in [0.05, 0.1) is 17.3 Å². The summed E-state index contributed by atoms with van der Waals surface area (Å²) in [6.45, 7) is 6.79. The highest BCUT2D eigenvalue weighted by atomic mass is 32.1. The lowest BCUT2D eigenvalue weighted by atomic mass is 9.99. The topological polar surface area (TPSA) is 36.4 Å². The lowest BCUT2D eigenvalue weighted by Gasteiger charge is -2.28. The highest BCUT2D eigenvalue weighted by Gasteiger charge is 2.24. The molecule has 3 nitrogen and oxygen atoms in total. The molecule has 0 aliphatic carbocycles. The molecule has 1 aromatic heterocycles. The number of nitrogens with zero attached hydrogens (tertiary/aromatic N) is 2. The van der Waals surface area contributed by atoms with E-state index in [0.29, 0.717) is 5.92 Å². The average Bonchev–Trinajstić information content (AvgIpc) is 2.74. The van der Waals surface area contributed by atoms with E-state index in [1.165, 1.54) is 29.3 Å². The maximum Gasteiger partial charge on any atom is 0.0974 e. The maximum absolute atomic E-state index is 9.44. The third-order valence-electron chi connectivity index (χ3n) is 3.91. The summed E-state index contributed by atoms with van der Waals surface area (Å²) in [5.41, 5.74) is 1.13. The first-order valence-electron chi connectivity index (χ1n) is 6.92. The second-order valence-electron chi connectivity index (χ2n) is 5.39. The number of likely N-dealkylation sites (N-methyl/N-ethyl adjacent to an activating group) is 1. The van der Waals surface area contributed by atoms with E-state index in [1.807, 2.05) is 11.3 Å². The van der Waals surface area contributed by atoms with Gasteiger partial charge in [-0.25, -0.2) is 4.98 Å². The van der Waals surface area contributed by atoms with Crippen LogP contribution in [0.5, 0.6) is 0 Å². The summed E-state index contributed by atoms with van der Waals surface area (Å²) in [7, 11) is 2.19. The molecule has 1 aliphatic heterocycles. The van der Waals surface area contributed by atoms with Gasteiger partial charge in [0.1, 0.15) is 0 Å². The molecule has 1 N–H and O–H groups in total. The van der Waals surface area contributed by atoms with Gasteiger partial charge in [-0.2, -0.15) is 0 Å². The first-order valence-corrected chi connectivity index (χ1v) is 7.74. The van der Waals surface area contributed by atoms with Crippen molar-refractivity contribution in [1.82, 2.24) is 9.88 Å². The van der Waals surface area contributed by atoms with Crippen LogP contribution in [-0.2, 0) is 0 Å². The zero-order chi connectivity index (χ0) is 13.1. The number of piperidine rings is 1. The fraction of sp³-hybridized carbons (Fsp3) is 0.786. The van der Waals surface area contributed by atoms with E-state index in [4.69, 9.17) is 4.98 Å². The number of rotatable bonds is 4. The fourth-order valence-electron chi connectivity index (χ4n) is 2.75. The van der Waals surface area contributed by atoms with Crippen LogP contribution in [0.1, 0.15) is 53.6 Å². The highest BCUT2D eigenvalue weighted by Crippen LogP contribution is 2.35. The molecule has 2 rings (SSSR count). The Morgan fingerprint density at radius 1 is 1.56 bits per heavy atom. The van der Waals surface area contributed by atoms with Crippen molar-refractivity contribution in [2.24, 2.45) is 0 Å². The van der Waals surface area contributed by atoms with E-state index in [2.05, 4.69) is 25.8 Å². The molecule has 0 spiro atoms. The third-order valence-corrected chi connectivity index (χ3v) is 5.39. The molecular formula is C14H24N2OS. The summed E-state index contributed by atoms with van der Waals surface area (Å²) in [5.74, 6) is 0.870. The zero-order valence-electron chi connectivity index (χ0n) is 11.6. The van der Waals surface area contributed by atoms with E-state index in [0.717, 1.165) is 18.7 Å². The van der Waals surface area contributed by atoms with Crippen LogP contribution in [0.15, 0.2) is 0 Å². The van der Waals surface area contributed by atoms with Crippen molar-refractivity contribution in [2.45, 2.75) is 44.9 Å². The maximum atomic E-state index is 9.44. The Kier molecular flexibility index (Phi) is 4.76. The highest BCUT2D eigenvalue weighted by molar-refractivity contribution is 7.12. The van der Waals surface area contributed by atoms with Crippen LogP contribution in [0.4, 0.5) is 0 Å². The molecule has 0 aromatic carbocycles. The largest absolute Gasteiger partial charge is 0.396 e. The predicted molar refractivity (Wildman–Crippen MR) is 76.4 cm³/mol. The van der Waals surface area contributed by atoms with Crippen LogP contribution in [0.2, 0.25) is 0 Å². The SMILES string of the molecule is CCC(CO)c1sc(C2CCCN(C)C2)nc1C. The molecule has 102 valence electrons. The number of aryl methyl sites for hydroxylation is 1. The monoisotopic (exact) mass is 268 g/mol. The van der Waals surface area contributed by atoms with E-state index in [9.17, 15) is 5.11 Å². The Labute approximate surface area is 114 Å². The molecule has 1 aromatic rings. The van der Waals surface area contributed by atoms with Crippen molar-refractivity contribution >= 4 is 11.3 Å². The molecule has 2 heterocycles. The van der Waals surface area contributed by atoms with Crippen LogP contribution in [-0.4, -0.2) is 41.7 Å². The number of thiazole rings is 1. The van der Waals surface area contributed by atoms with Gasteiger partial charge in [0.15, 0.2) is 0 Å². The van der Waals surface area contributed by atoms with Crippen molar-refractivity contribution in [3.63, 3.8) is 0 Å². The summed E-state index contributed by atoms with van der Waals surface area (Å²) < 4.78 is 0. The summed E-state index contributed by atoms with van der Waals surface area (Å²) in [5, 5.41) is 10.7.